The minimum atomic E-state index is -0.243. The van der Waals surface area contributed by atoms with Crippen LogP contribution < -0.4 is 10.6 Å². The molecule has 1 atom stereocenters. The molecule has 7 heteroatoms. The van der Waals surface area contributed by atoms with Gasteiger partial charge in [0.05, 0.1) is 12.1 Å². The Hall–Kier alpha value is -1.63. The standard InChI is InChI=1S/C21H32ClN3O3/c1-15(2)28-14-4-11-23-21(27)17-9-12-25(13-10-17)16(3)20(26)24-19-7-5-18(22)6-8-19/h5-8,15-17H,4,9-14H2,1-3H3,(H,23,27)(H,24,26). The van der Waals surface area contributed by atoms with Crippen molar-refractivity contribution in [3.8, 4) is 0 Å². The van der Waals surface area contributed by atoms with Crippen molar-refractivity contribution in [2.24, 2.45) is 5.92 Å². The van der Waals surface area contributed by atoms with Crippen LogP contribution in [0.25, 0.3) is 0 Å². The topological polar surface area (TPSA) is 70.7 Å². The number of hydrogen-bond donors (Lipinski definition) is 2. The number of carbonyl (C=O) groups is 2. The average Bonchev–Trinajstić information content (AvgIpc) is 2.68. The third-order valence-electron chi connectivity index (χ3n) is 5.01. The van der Waals surface area contributed by atoms with Gasteiger partial charge < -0.3 is 15.4 Å². The summed E-state index contributed by atoms with van der Waals surface area (Å²) in [6.07, 6.45) is 2.59. The Kier molecular flexibility index (Phi) is 9.22. The van der Waals surface area contributed by atoms with Crippen LogP contribution in [0.5, 0.6) is 0 Å². The van der Waals surface area contributed by atoms with Gasteiger partial charge in [-0.1, -0.05) is 11.6 Å². The minimum absolute atomic E-state index is 0.0220. The van der Waals surface area contributed by atoms with Crippen molar-refractivity contribution in [3.63, 3.8) is 0 Å². The van der Waals surface area contributed by atoms with Crippen LogP contribution in [0.4, 0.5) is 5.69 Å². The van der Waals surface area contributed by atoms with Gasteiger partial charge in [-0.3, -0.25) is 14.5 Å². The molecule has 0 bridgehead atoms. The van der Waals surface area contributed by atoms with E-state index in [0.717, 1.165) is 38.0 Å². The van der Waals surface area contributed by atoms with E-state index in [9.17, 15) is 9.59 Å². The lowest BCUT2D eigenvalue weighted by atomic mass is 9.95. The Bertz CT molecular complexity index is 628. The number of ether oxygens (including phenoxy) is 1. The molecule has 1 aliphatic heterocycles. The van der Waals surface area contributed by atoms with Gasteiger partial charge in [-0.05, 0) is 77.4 Å². The maximum Gasteiger partial charge on any atom is 0.241 e. The van der Waals surface area contributed by atoms with Crippen molar-refractivity contribution >= 4 is 29.1 Å². The highest BCUT2D eigenvalue weighted by Gasteiger charge is 2.29. The number of benzene rings is 1. The lowest BCUT2D eigenvalue weighted by molar-refractivity contribution is -0.127. The molecule has 6 nitrogen and oxygen atoms in total. The zero-order valence-corrected chi connectivity index (χ0v) is 17.8. The molecule has 0 aliphatic carbocycles. The Morgan fingerprint density at radius 2 is 1.82 bits per heavy atom. The van der Waals surface area contributed by atoms with Crippen LogP contribution in [0.3, 0.4) is 0 Å². The number of anilines is 1. The Morgan fingerprint density at radius 1 is 1.18 bits per heavy atom. The number of nitrogens with one attached hydrogen (secondary N) is 2. The number of amides is 2. The molecule has 0 spiro atoms. The van der Waals surface area contributed by atoms with E-state index >= 15 is 0 Å². The zero-order chi connectivity index (χ0) is 20.5. The van der Waals surface area contributed by atoms with Gasteiger partial charge in [-0.15, -0.1) is 0 Å². The van der Waals surface area contributed by atoms with Gasteiger partial charge in [0.1, 0.15) is 0 Å². The van der Waals surface area contributed by atoms with Crippen molar-refractivity contribution in [1.82, 2.24) is 10.2 Å². The molecule has 1 unspecified atom stereocenters. The fourth-order valence-electron chi connectivity index (χ4n) is 3.24. The molecule has 0 aromatic heterocycles. The van der Waals surface area contributed by atoms with Crippen LogP contribution in [-0.2, 0) is 14.3 Å². The predicted octanol–water partition coefficient (Wildman–Crippen LogP) is 3.31. The van der Waals surface area contributed by atoms with E-state index < -0.39 is 0 Å². The number of piperidine rings is 1. The zero-order valence-electron chi connectivity index (χ0n) is 17.0. The molecule has 28 heavy (non-hydrogen) atoms. The summed E-state index contributed by atoms with van der Waals surface area (Å²) < 4.78 is 5.48. The van der Waals surface area contributed by atoms with Crippen molar-refractivity contribution in [1.29, 1.82) is 0 Å². The fourth-order valence-corrected chi connectivity index (χ4v) is 3.37. The summed E-state index contributed by atoms with van der Waals surface area (Å²) in [6, 6.07) is 6.83. The molecule has 0 saturated carbocycles. The van der Waals surface area contributed by atoms with E-state index in [1.54, 1.807) is 24.3 Å². The van der Waals surface area contributed by atoms with E-state index in [4.69, 9.17) is 16.3 Å². The minimum Gasteiger partial charge on any atom is -0.379 e. The first-order chi connectivity index (χ1) is 13.4. The molecule has 1 aromatic carbocycles. The molecule has 1 saturated heterocycles. The van der Waals surface area contributed by atoms with Crippen molar-refractivity contribution in [3.05, 3.63) is 29.3 Å². The first-order valence-electron chi connectivity index (χ1n) is 10.1. The van der Waals surface area contributed by atoms with Crippen LogP contribution in [0.15, 0.2) is 24.3 Å². The Morgan fingerprint density at radius 3 is 2.43 bits per heavy atom. The van der Waals surface area contributed by atoms with Gasteiger partial charge in [0, 0.05) is 29.8 Å². The maximum atomic E-state index is 12.5. The summed E-state index contributed by atoms with van der Waals surface area (Å²) in [5.41, 5.74) is 0.733. The Balaban J connectivity index is 1.69. The van der Waals surface area contributed by atoms with E-state index in [2.05, 4.69) is 15.5 Å². The molecular formula is C21H32ClN3O3. The largest absolute Gasteiger partial charge is 0.379 e. The van der Waals surface area contributed by atoms with Gasteiger partial charge in [0.2, 0.25) is 11.8 Å². The van der Waals surface area contributed by atoms with E-state index in [1.165, 1.54) is 0 Å². The molecule has 2 N–H and O–H groups in total. The third kappa shape index (κ3) is 7.41. The van der Waals surface area contributed by atoms with Crippen LogP contribution >= 0.6 is 11.6 Å². The quantitative estimate of drug-likeness (QED) is 0.614. The van der Waals surface area contributed by atoms with E-state index in [0.29, 0.717) is 18.2 Å². The molecule has 2 rings (SSSR count). The summed E-state index contributed by atoms with van der Waals surface area (Å²) in [6.45, 7) is 8.70. The second kappa shape index (κ2) is 11.4. The highest BCUT2D eigenvalue weighted by molar-refractivity contribution is 6.30. The number of carbonyl (C=O) groups excluding carboxylic acids is 2. The molecule has 1 aliphatic rings. The third-order valence-corrected chi connectivity index (χ3v) is 5.26. The second-order valence-corrected chi connectivity index (χ2v) is 7.98. The molecule has 2 amide bonds. The highest BCUT2D eigenvalue weighted by atomic mass is 35.5. The number of likely N-dealkylation sites (tertiary alicyclic amines) is 1. The van der Waals surface area contributed by atoms with E-state index in [1.807, 2.05) is 20.8 Å². The van der Waals surface area contributed by atoms with Gasteiger partial charge in [0.25, 0.3) is 0 Å². The molecule has 1 aromatic rings. The molecule has 1 fully saturated rings. The second-order valence-electron chi connectivity index (χ2n) is 7.55. The molecule has 156 valence electrons. The van der Waals surface area contributed by atoms with Crippen LogP contribution in [0.1, 0.15) is 40.0 Å². The fraction of sp³-hybridized carbons (Fsp3) is 0.619. The van der Waals surface area contributed by atoms with Gasteiger partial charge >= 0.3 is 0 Å². The lowest BCUT2D eigenvalue weighted by Gasteiger charge is -2.34. The molecule has 1 heterocycles. The number of hydrogen-bond acceptors (Lipinski definition) is 4. The van der Waals surface area contributed by atoms with Crippen LogP contribution in [0, 0.1) is 5.92 Å². The summed E-state index contributed by atoms with van der Waals surface area (Å²) in [4.78, 5) is 26.9. The number of halogens is 1. The highest BCUT2D eigenvalue weighted by Crippen LogP contribution is 2.20. The predicted molar refractivity (Wildman–Crippen MR) is 113 cm³/mol. The summed E-state index contributed by atoms with van der Waals surface area (Å²) in [5.74, 6) is 0.0895. The van der Waals surface area contributed by atoms with Crippen LogP contribution in [-0.4, -0.2) is 55.1 Å². The lowest BCUT2D eigenvalue weighted by Crippen LogP contribution is -2.48. The van der Waals surface area contributed by atoms with Crippen LogP contribution in [0.2, 0.25) is 5.02 Å². The number of nitrogens with zero attached hydrogens (tertiary/aromatic N) is 1. The average molecular weight is 410 g/mol. The summed E-state index contributed by atoms with van der Waals surface area (Å²) in [7, 11) is 0. The van der Waals surface area contributed by atoms with Gasteiger partial charge in [-0.25, -0.2) is 0 Å². The van der Waals surface area contributed by atoms with Gasteiger partial charge in [0.15, 0.2) is 0 Å². The maximum absolute atomic E-state index is 12.5. The molecular weight excluding hydrogens is 378 g/mol. The van der Waals surface area contributed by atoms with Crippen molar-refractivity contribution < 1.29 is 14.3 Å². The Labute approximate surface area is 172 Å². The smallest absolute Gasteiger partial charge is 0.241 e. The first kappa shape index (κ1) is 22.7. The van der Waals surface area contributed by atoms with Gasteiger partial charge in [-0.2, -0.15) is 0 Å². The number of rotatable bonds is 9. The normalized spacial score (nSPS) is 16.8. The summed E-state index contributed by atoms with van der Waals surface area (Å²) in [5, 5.41) is 6.56. The first-order valence-corrected chi connectivity index (χ1v) is 10.4. The van der Waals surface area contributed by atoms with Crippen molar-refractivity contribution in [2.75, 3.05) is 31.6 Å². The van der Waals surface area contributed by atoms with Crippen molar-refractivity contribution in [2.45, 2.75) is 52.2 Å². The molecule has 0 radical (unpaired) electrons. The summed E-state index contributed by atoms with van der Waals surface area (Å²) >= 11 is 5.87. The van der Waals surface area contributed by atoms with E-state index in [-0.39, 0.29) is 29.9 Å². The SMILES string of the molecule is CC(C)OCCCNC(=O)C1CCN(C(C)C(=O)Nc2ccc(Cl)cc2)CC1. The monoisotopic (exact) mass is 409 g/mol.